The van der Waals surface area contributed by atoms with E-state index in [4.69, 9.17) is 14.9 Å². The molecule has 1 aromatic carbocycles. The second-order valence-electron chi connectivity index (χ2n) is 5.77. The van der Waals surface area contributed by atoms with Gasteiger partial charge in [0.15, 0.2) is 0 Å². The second kappa shape index (κ2) is 8.30. The Hall–Kier alpha value is -1.39. The molecule has 4 heteroatoms. The molecule has 0 aliphatic carbocycles. The molecule has 0 unspecified atom stereocenters. The molecule has 0 spiro atoms. The summed E-state index contributed by atoms with van der Waals surface area (Å²) in [5.74, 6) is -0.601. The zero-order chi connectivity index (χ0) is 15.8. The van der Waals surface area contributed by atoms with Gasteiger partial charge in [0.1, 0.15) is 5.84 Å². The minimum Gasteiger partial charge on any atom is -0.329 e. The van der Waals surface area contributed by atoms with Gasteiger partial charge in [-0.3, -0.25) is 5.41 Å². The van der Waals surface area contributed by atoms with Crippen molar-refractivity contribution in [3.63, 3.8) is 0 Å². The fourth-order valence-corrected chi connectivity index (χ4v) is 2.69. The van der Waals surface area contributed by atoms with E-state index in [-0.39, 0.29) is 0 Å². The minimum absolute atomic E-state index is 0.376. The standard InChI is InChI=1S/C18H28N2O2/c1-3-5-9-13-21-18(22-14-10-6-4-2)16-12-8-7-11-15(16)17(19)20-18/h7-8,11-12H,3-6,9-10,13-14H2,1-2H3,(H2,19,20). The molecule has 0 bridgehead atoms. The van der Waals surface area contributed by atoms with Crippen LogP contribution in [-0.2, 0) is 15.4 Å². The number of ether oxygens (including phenoxy) is 2. The van der Waals surface area contributed by atoms with Gasteiger partial charge in [-0.15, -0.1) is 0 Å². The van der Waals surface area contributed by atoms with E-state index in [1.807, 2.05) is 24.3 Å². The van der Waals surface area contributed by atoms with Crippen molar-refractivity contribution in [1.29, 1.82) is 5.41 Å². The molecule has 0 amide bonds. The number of nitrogens with one attached hydrogen (secondary N) is 2. The molecule has 22 heavy (non-hydrogen) atoms. The van der Waals surface area contributed by atoms with Crippen molar-refractivity contribution in [1.82, 2.24) is 5.32 Å². The first-order valence-electron chi connectivity index (χ1n) is 8.48. The molecule has 122 valence electrons. The van der Waals surface area contributed by atoms with Crippen LogP contribution in [0.15, 0.2) is 24.3 Å². The number of unbranched alkanes of at least 4 members (excludes halogenated alkanes) is 4. The van der Waals surface area contributed by atoms with Crippen LogP contribution in [0, 0.1) is 5.41 Å². The van der Waals surface area contributed by atoms with Crippen LogP contribution in [-0.4, -0.2) is 19.0 Å². The third kappa shape index (κ3) is 3.87. The summed E-state index contributed by atoms with van der Waals surface area (Å²) < 4.78 is 12.2. The monoisotopic (exact) mass is 304 g/mol. The van der Waals surface area contributed by atoms with E-state index in [0.717, 1.165) is 49.7 Å². The zero-order valence-electron chi connectivity index (χ0n) is 13.8. The van der Waals surface area contributed by atoms with Gasteiger partial charge in [-0.25, -0.2) is 0 Å². The molecule has 0 fully saturated rings. The van der Waals surface area contributed by atoms with Gasteiger partial charge in [0, 0.05) is 11.1 Å². The van der Waals surface area contributed by atoms with E-state index in [2.05, 4.69) is 19.2 Å². The van der Waals surface area contributed by atoms with Crippen molar-refractivity contribution in [2.45, 2.75) is 58.3 Å². The fraction of sp³-hybridized carbons (Fsp3) is 0.611. The Bertz CT molecular complexity index is 476. The lowest BCUT2D eigenvalue weighted by atomic mass is 10.1. The van der Waals surface area contributed by atoms with Crippen molar-refractivity contribution in [3.8, 4) is 0 Å². The maximum absolute atomic E-state index is 8.15. The quantitative estimate of drug-likeness (QED) is 0.504. The van der Waals surface area contributed by atoms with E-state index in [1.165, 1.54) is 0 Å². The predicted molar refractivity (Wildman–Crippen MR) is 89.0 cm³/mol. The lowest BCUT2D eigenvalue weighted by Gasteiger charge is -2.30. The first-order valence-corrected chi connectivity index (χ1v) is 8.48. The highest BCUT2D eigenvalue weighted by Gasteiger charge is 2.43. The van der Waals surface area contributed by atoms with Gasteiger partial charge in [-0.2, -0.15) is 0 Å². The van der Waals surface area contributed by atoms with Crippen LogP contribution in [0.1, 0.15) is 63.5 Å². The maximum atomic E-state index is 8.15. The number of rotatable bonds is 10. The molecule has 0 saturated carbocycles. The van der Waals surface area contributed by atoms with Crippen molar-refractivity contribution >= 4 is 5.84 Å². The summed E-state index contributed by atoms with van der Waals surface area (Å²) in [5.41, 5.74) is 1.79. The van der Waals surface area contributed by atoms with Crippen molar-refractivity contribution in [2.24, 2.45) is 0 Å². The highest BCUT2D eigenvalue weighted by atomic mass is 16.7. The van der Waals surface area contributed by atoms with Crippen LogP contribution in [0.25, 0.3) is 0 Å². The Morgan fingerprint density at radius 1 is 0.955 bits per heavy atom. The van der Waals surface area contributed by atoms with Gasteiger partial charge in [0.2, 0.25) is 0 Å². The lowest BCUT2D eigenvalue weighted by Crippen LogP contribution is -2.45. The summed E-state index contributed by atoms with van der Waals surface area (Å²) in [4.78, 5) is 0. The van der Waals surface area contributed by atoms with E-state index in [0.29, 0.717) is 19.0 Å². The topological polar surface area (TPSA) is 54.3 Å². The van der Waals surface area contributed by atoms with Crippen LogP contribution in [0.3, 0.4) is 0 Å². The minimum atomic E-state index is -0.977. The Balaban J connectivity index is 2.10. The Morgan fingerprint density at radius 3 is 2.14 bits per heavy atom. The molecule has 1 heterocycles. The number of benzene rings is 1. The third-order valence-corrected chi connectivity index (χ3v) is 3.95. The maximum Gasteiger partial charge on any atom is 0.279 e. The molecule has 2 N–H and O–H groups in total. The first kappa shape index (κ1) is 17.0. The summed E-state index contributed by atoms with van der Waals surface area (Å²) in [6.07, 6.45) is 6.62. The summed E-state index contributed by atoms with van der Waals surface area (Å²) in [6.45, 7) is 5.62. The molecule has 1 aromatic rings. The predicted octanol–water partition coefficient (Wildman–Crippen LogP) is 4.14. The Labute approximate surface area is 133 Å². The van der Waals surface area contributed by atoms with Gasteiger partial charge in [0.25, 0.3) is 5.91 Å². The molecule has 2 rings (SSSR count). The number of amidine groups is 1. The second-order valence-corrected chi connectivity index (χ2v) is 5.77. The van der Waals surface area contributed by atoms with E-state index in [1.54, 1.807) is 0 Å². The Kier molecular flexibility index (Phi) is 6.40. The molecule has 0 saturated heterocycles. The fourth-order valence-electron chi connectivity index (χ4n) is 2.69. The average Bonchev–Trinajstić information content (AvgIpc) is 2.82. The average molecular weight is 304 g/mol. The first-order chi connectivity index (χ1) is 10.7. The third-order valence-electron chi connectivity index (χ3n) is 3.95. The van der Waals surface area contributed by atoms with Crippen molar-refractivity contribution < 1.29 is 9.47 Å². The normalized spacial score (nSPS) is 15.6. The molecule has 4 nitrogen and oxygen atoms in total. The molecule has 0 aromatic heterocycles. The summed E-state index contributed by atoms with van der Waals surface area (Å²) in [6, 6.07) is 7.85. The molecule has 1 aliphatic rings. The number of hydrogen-bond acceptors (Lipinski definition) is 3. The van der Waals surface area contributed by atoms with E-state index < -0.39 is 5.91 Å². The van der Waals surface area contributed by atoms with E-state index in [9.17, 15) is 0 Å². The van der Waals surface area contributed by atoms with Gasteiger partial charge in [-0.05, 0) is 12.8 Å². The van der Waals surface area contributed by atoms with Crippen LogP contribution >= 0.6 is 0 Å². The highest BCUT2D eigenvalue weighted by Crippen LogP contribution is 2.34. The highest BCUT2D eigenvalue weighted by molar-refractivity contribution is 6.01. The van der Waals surface area contributed by atoms with Gasteiger partial charge < -0.3 is 14.8 Å². The summed E-state index contributed by atoms with van der Waals surface area (Å²) in [5, 5.41) is 11.3. The van der Waals surface area contributed by atoms with Crippen LogP contribution in [0.2, 0.25) is 0 Å². The van der Waals surface area contributed by atoms with Crippen LogP contribution in [0.5, 0.6) is 0 Å². The van der Waals surface area contributed by atoms with Gasteiger partial charge >= 0.3 is 0 Å². The summed E-state index contributed by atoms with van der Waals surface area (Å²) >= 11 is 0. The number of fused-ring (bicyclic) bond motifs is 1. The van der Waals surface area contributed by atoms with Crippen molar-refractivity contribution in [3.05, 3.63) is 35.4 Å². The van der Waals surface area contributed by atoms with Crippen LogP contribution in [0.4, 0.5) is 0 Å². The van der Waals surface area contributed by atoms with Gasteiger partial charge in [0.05, 0.1) is 13.2 Å². The lowest BCUT2D eigenvalue weighted by molar-refractivity contribution is -0.255. The SMILES string of the molecule is CCCCCOC1(OCCCCC)NC(=N)c2ccccc21. The summed E-state index contributed by atoms with van der Waals surface area (Å²) in [7, 11) is 0. The molecular weight excluding hydrogens is 276 g/mol. The van der Waals surface area contributed by atoms with Crippen molar-refractivity contribution in [2.75, 3.05) is 13.2 Å². The Morgan fingerprint density at radius 2 is 1.55 bits per heavy atom. The van der Waals surface area contributed by atoms with Gasteiger partial charge in [-0.1, -0.05) is 63.8 Å². The molecule has 0 atom stereocenters. The number of hydrogen-bond donors (Lipinski definition) is 2. The van der Waals surface area contributed by atoms with E-state index >= 15 is 0 Å². The smallest absolute Gasteiger partial charge is 0.279 e. The largest absolute Gasteiger partial charge is 0.329 e. The molecule has 0 radical (unpaired) electrons. The molecule has 1 aliphatic heterocycles. The molecular formula is C18H28N2O2. The van der Waals surface area contributed by atoms with Crippen LogP contribution < -0.4 is 5.32 Å². The zero-order valence-corrected chi connectivity index (χ0v) is 13.8.